The van der Waals surface area contributed by atoms with Crippen LogP contribution in [0.3, 0.4) is 0 Å². The lowest BCUT2D eigenvalue weighted by Crippen LogP contribution is -2.48. The SMILES string of the molecule is CCN1CCN(C(=O)c2oc3c(c2C)/C(=N/O)CC(C)(C)C3)CC1. The maximum absolute atomic E-state index is 12.9. The molecule has 0 saturated carbocycles. The molecule has 6 heteroatoms. The van der Waals surface area contributed by atoms with Gasteiger partial charge in [0.2, 0.25) is 0 Å². The van der Waals surface area contributed by atoms with Crippen LogP contribution in [0.5, 0.6) is 0 Å². The van der Waals surface area contributed by atoms with Gasteiger partial charge in [0.05, 0.1) is 5.71 Å². The summed E-state index contributed by atoms with van der Waals surface area (Å²) in [6, 6.07) is 0. The Morgan fingerprint density at radius 2 is 1.92 bits per heavy atom. The zero-order valence-electron chi connectivity index (χ0n) is 15.1. The molecule has 1 aliphatic carbocycles. The van der Waals surface area contributed by atoms with Crippen molar-refractivity contribution >= 4 is 11.6 Å². The lowest BCUT2D eigenvalue weighted by atomic mass is 9.75. The number of hydrogen-bond acceptors (Lipinski definition) is 5. The van der Waals surface area contributed by atoms with Crippen molar-refractivity contribution in [1.82, 2.24) is 9.80 Å². The number of carbonyl (C=O) groups excluding carboxylic acids is 1. The van der Waals surface area contributed by atoms with E-state index in [4.69, 9.17) is 4.42 Å². The van der Waals surface area contributed by atoms with E-state index in [-0.39, 0.29) is 11.3 Å². The summed E-state index contributed by atoms with van der Waals surface area (Å²) in [5.41, 5.74) is 2.22. The van der Waals surface area contributed by atoms with Gasteiger partial charge in [-0.1, -0.05) is 25.9 Å². The van der Waals surface area contributed by atoms with Gasteiger partial charge in [-0.15, -0.1) is 0 Å². The van der Waals surface area contributed by atoms with Gasteiger partial charge in [0.25, 0.3) is 5.91 Å². The van der Waals surface area contributed by atoms with Gasteiger partial charge in [-0.05, 0) is 25.3 Å². The number of nitrogens with zero attached hydrogens (tertiary/aromatic N) is 3. The number of hydrogen-bond donors (Lipinski definition) is 1. The molecule has 1 aliphatic heterocycles. The van der Waals surface area contributed by atoms with E-state index in [1.807, 2.05) is 11.8 Å². The fourth-order valence-electron chi connectivity index (χ4n) is 3.81. The van der Waals surface area contributed by atoms with E-state index in [1.165, 1.54) is 0 Å². The first-order valence-corrected chi connectivity index (χ1v) is 8.71. The predicted octanol–water partition coefficient (Wildman–Crippen LogP) is 2.52. The van der Waals surface area contributed by atoms with Crippen LogP contribution in [0, 0.1) is 12.3 Å². The van der Waals surface area contributed by atoms with Crippen molar-refractivity contribution in [3.05, 3.63) is 22.6 Å². The van der Waals surface area contributed by atoms with Crippen LogP contribution in [-0.2, 0) is 6.42 Å². The highest BCUT2D eigenvalue weighted by Crippen LogP contribution is 2.39. The molecule has 2 heterocycles. The van der Waals surface area contributed by atoms with Crippen LogP contribution in [0.1, 0.15) is 54.6 Å². The summed E-state index contributed by atoms with van der Waals surface area (Å²) in [4.78, 5) is 17.1. The Morgan fingerprint density at radius 1 is 1.25 bits per heavy atom. The van der Waals surface area contributed by atoms with Gasteiger partial charge in [0.15, 0.2) is 5.76 Å². The highest BCUT2D eigenvalue weighted by atomic mass is 16.4. The first-order valence-electron chi connectivity index (χ1n) is 8.71. The maximum atomic E-state index is 12.9. The molecule has 132 valence electrons. The molecule has 24 heavy (non-hydrogen) atoms. The highest BCUT2D eigenvalue weighted by molar-refractivity contribution is 6.06. The highest BCUT2D eigenvalue weighted by Gasteiger charge is 2.37. The third-order valence-corrected chi connectivity index (χ3v) is 5.22. The largest absolute Gasteiger partial charge is 0.455 e. The van der Waals surface area contributed by atoms with Crippen LogP contribution in [0.4, 0.5) is 0 Å². The molecule has 1 amide bonds. The summed E-state index contributed by atoms with van der Waals surface area (Å²) in [7, 11) is 0. The van der Waals surface area contributed by atoms with Crippen LogP contribution in [0.2, 0.25) is 0 Å². The van der Waals surface area contributed by atoms with Gasteiger partial charge in [0, 0.05) is 43.7 Å². The Balaban J connectivity index is 1.88. The monoisotopic (exact) mass is 333 g/mol. The van der Waals surface area contributed by atoms with Gasteiger partial charge in [-0.2, -0.15) is 0 Å². The topological polar surface area (TPSA) is 69.3 Å². The van der Waals surface area contributed by atoms with Gasteiger partial charge in [-0.25, -0.2) is 0 Å². The quantitative estimate of drug-likeness (QED) is 0.667. The van der Waals surface area contributed by atoms with Crippen LogP contribution in [-0.4, -0.2) is 59.3 Å². The van der Waals surface area contributed by atoms with Crippen molar-refractivity contribution in [2.45, 2.75) is 40.5 Å². The van der Waals surface area contributed by atoms with Crippen LogP contribution in [0.15, 0.2) is 9.57 Å². The van der Waals surface area contributed by atoms with E-state index in [2.05, 4.69) is 30.8 Å². The van der Waals surface area contributed by atoms with E-state index in [0.29, 0.717) is 17.9 Å². The standard InChI is InChI=1S/C18H27N3O3/c1-5-20-6-8-21(9-7-20)17(22)16-12(2)15-13(19-23)10-18(3,4)11-14(15)24-16/h23H,5-11H2,1-4H3/b19-13+. The molecule has 1 fully saturated rings. The Bertz CT molecular complexity index is 667. The second-order valence-electron chi connectivity index (χ2n) is 7.65. The van der Waals surface area contributed by atoms with Crippen LogP contribution in [0.25, 0.3) is 0 Å². The average molecular weight is 333 g/mol. The number of furan rings is 1. The molecule has 2 aliphatic rings. The number of fused-ring (bicyclic) bond motifs is 1. The lowest BCUT2D eigenvalue weighted by Gasteiger charge is -2.33. The number of oxime groups is 1. The molecule has 6 nitrogen and oxygen atoms in total. The molecule has 0 radical (unpaired) electrons. The molecule has 0 bridgehead atoms. The second-order valence-corrected chi connectivity index (χ2v) is 7.65. The summed E-state index contributed by atoms with van der Waals surface area (Å²) in [5, 5.41) is 12.9. The fraction of sp³-hybridized carbons (Fsp3) is 0.667. The van der Waals surface area contributed by atoms with Crippen molar-refractivity contribution in [3.8, 4) is 0 Å². The number of piperazine rings is 1. The first kappa shape index (κ1) is 17.0. The van der Waals surface area contributed by atoms with E-state index in [1.54, 1.807) is 0 Å². The summed E-state index contributed by atoms with van der Waals surface area (Å²) in [6.45, 7) is 12.5. The van der Waals surface area contributed by atoms with Gasteiger partial charge < -0.3 is 19.4 Å². The molecule has 0 spiro atoms. The zero-order chi connectivity index (χ0) is 17.5. The Labute approximate surface area is 143 Å². The molecule has 0 unspecified atom stereocenters. The summed E-state index contributed by atoms with van der Waals surface area (Å²) in [6.07, 6.45) is 1.43. The van der Waals surface area contributed by atoms with Crippen molar-refractivity contribution in [2.24, 2.45) is 10.6 Å². The minimum Gasteiger partial charge on any atom is -0.455 e. The number of amides is 1. The average Bonchev–Trinajstić information content (AvgIpc) is 2.88. The van der Waals surface area contributed by atoms with Gasteiger partial charge >= 0.3 is 0 Å². The number of likely N-dealkylation sites (N-methyl/N-ethyl adjacent to an activating group) is 1. The first-order chi connectivity index (χ1) is 11.4. The molecular weight excluding hydrogens is 306 g/mol. The second kappa shape index (κ2) is 6.24. The minimum absolute atomic E-state index is 0.0358. The van der Waals surface area contributed by atoms with Gasteiger partial charge in [-0.3, -0.25) is 4.79 Å². The molecule has 3 rings (SSSR count). The summed E-state index contributed by atoms with van der Waals surface area (Å²) < 4.78 is 5.98. The summed E-state index contributed by atoms with van der Waals surface area (Å²) in [5.74, 6) is 1.13. The Kier molecular flexibility index (Phi) is 4.42. The van der Waals surface area contributed by atoms with Crippen molar-refractivity contribution < 1.29 is 14.4 Å². The summed E-state index contributed by atoms with van der Waals surface area (Å²) >= 11 is 0. The third kappa shape index (κ3) is 2.95. The Morgan fingerprint density at radius 3 is 2.50 bits per heavy atom. The maximum Gasteiger partial charge on any atom is 0.289 e. The van der Waals surface area contributed by atoms with E-state index >= 15 is 0 Å². The third-order valence-electron chi connectivity index (χ3n) is 5.22. The predicted molar refractivity (Wildman–Crippen MR) is 91.9 cm³/mol. The van der Waals surface area contributed by atoms with E-state index < -0.39 is 0 Å². The molecule has 1 aromatic rings. The van der Waals surface area contributed by atoms with E-state index in [0.717, 1.165) is 56.0 Å². The minimum atomic E-state index is -0.0484. The van der Waals surface area contributed by atoms with Crippen LogP contribution < -0.4 is 0 Å². The normalized spacial score (nSPS) is 22.7. The van der Waals surface area contributed by atoms with Crippen molar-refractivity contribution in [3.63, 3.8) is 0 Å². The fourth-order valence-corrected chi connectivity index (χ4v) is 3.81. The van der Waals surface area contributed by atoms with Crippen molar-refractivity contribution in [2.75, 3.05) is 32.7 Å². The van der Waals surface area contributed by atoms with Crippen LogP contribution >= 0.6 is 0 Å². The molecule has 1 saturated heterocycles. The number of rotatable bonds is 2. The molecule has 1 aromatic heterocycles. The molecule has 0 aromatic carbocycles. The molecular formula is C18H27N3O3. The smallest absolute Gasteiger partial charge is 0.289 e. The number of carbonyl (C=O) groups is 1. The Hall–Kier alpha value is -1.82. The van der Waals surface area contributed by atoms with E-state index in [9.17, 15) is 10.0 Å². The lowest BCUT2D eigenvalue weighted by molar-refractivity contribution is 0.0608. The molecule has 0 atom stereocenters. The molecule has 1 N–H and O–H groups in total. The van der Waals surface area contributed by atoms with Gasteiger partial charge in [0.1, 0.15) is 5.76 Å². The van der Waals surface area contributed by atoms with Crippen molar-refractivity contribution in [1.29, 1.82) is 0 Å². The zero-order valence-corrected chi connectivity index (χ0v) is 15.1.